The molecule has 3 aromatic carbocycles. The van der Waals surface area contributed by atoms with E-state index in [-0.39, 0.29) is 6.09 Å². The Hall–Kier alpha value is -2.72. The Kier molecular flexibility index (Phi) is 7.11. The fraction of sp³-hybridized carbons (Fsp3) is 0.346. The predicted octanol–water partition coefficient (Wildman–Crippen LogP) is 6.88. The van der Waals surface area contributed by atoms with Crippen LogP contribution in [0.2, 0.25) is 0 Å². The molecule has 0 aliphatic carbocycles. The van der Waals surface area contributed by atoms with Gasteiger partial charge in [0, 0.05) is 24.4 Å². The summed E-state index contributed by atoms with van der Waals surface area (Å²) in [6.45, 7) is 8.88. The van der Waals surface area contributed by atoms with Gasteiger partial charge in [0.25, 0.3) is 0 Å². The molecule has 0 unspecified atom stereocenters. The largest absolute Gasteiger partial charge is 0.488 e. The number of hydrogen-bond acceptors (Lipinski definition) is 3. The maximum Gasteiger partial charge on any atom is 0.414 e. The molecule has 0 N–H and O–H groups in total. The second kappa shape index (κ2) is 9.61. The van der Waals surface area contributed by atoms with Gasteiger partial charge in [-0.05, 0) is 56.2 Å². The average molecular weight is 440 g/mol. The molecule has 5 heteroatoms. The number of halogens is 1. The molecule has 4 nitrogen and oxygen atoms in total. The second-order valence-corrected chi connectivity index (χ2v) is 8.53. The lowest BCUT2D eigenvalue weighted by Gasteiger charge is -2.25. The fourth-order valence-corrected chi connectivity index (χ4v) is 3.89. The summed E-state index contributed by atoms with van der Waals surface area (Å²) < 4.78 is 11.9. The number of alkyl halides is 1. The van der Waals surface area contributed by atoms with Crippen LogP contribution >= 0.6 is 11.6 Å². The van der Waals surface area contributed by atoms with E-state index in [4.69, 9.17) is 9.47 Å². The first-order valence-electron chi connectivity index (χ1n) is 10.4. The van der Waals surface area contributed by atoms with E-state index in [2.05, 4.69) is 36.7 Å². The van der Waals surface area contributed by atoms with E-state index in [1.165, 1.54) is 22.9 Å². The summed E-state index contributed by atoms with van der Waals surface area (Å²) >= 11 is 4.64. The van der Waals surface area contributed by atoms with Crippen molar-refractivity contribution >= 4 is 34.2 Å². The van der Waals surface area contributed by atoms with Crippen LogP contribution in [0.15, 0.2) is 54.6 Å². The Balaban J connectivity index is 0.00000132. The van der Waals surface area contributed by atoms with Gasteiger partial charge in [0.05, 0.1) is 5.69 Å². The summed E-state index contributed by atoms with van der Waals surface area (Å²) in [5.41, 5.74) is 3.85. The highest BCUT2D eigenvalue weighted by Crippen LogP contribution is 2.42. The first-order chi connectivity index (χ1) is 14.8. The number of benzene rings is 3. The zero-order valence-electron chi connectivity index (χ0n) is 18.9. The monoisotopic (exact) mass is 439 g/mol. The third-order valence-corrected chi connectivity index (χ3v) is 5.14. The van der Waals surface area contributed by atoms with Crippen molar-refractivity contribution in [2.45, 2.75) is 46.3 Å². The van der Waals surface area contributed by atoms with Crippen LogP contribution in [0.1, 0.15) is 37.5 Å². The predicted molar refractivity (Wildman–Crippen MR) is 129 cm³/mol. The van der Waals surface area contributed by atoms with Gasteiger partial charge in [-0.25, -0.2) is 4.79 Å². The van der Waals surface area contributed by atoms with Crippen LogP contribution in [0, 0.1) is 6.92 Å². The fourth-order valence-electron chi connectivity index (χ4n) is 3.89. The number of aryl methyl sites for hydroxylation is 1. The summed E-state index contributed by atoms with van der Waals surface area (Å²) in [7, 11) is 0. The molecule has 0 fully saturated rings. The lowest BCUT2D eigenvalue weighted by atomic mass is 9.97. The van der Waals surface area contributed by atoms with E-state index < -0.39 is 5.60 Å². The Labute approximate surface area is 189 Å². The van der Waals surface area contributed by atoms with Crippen LogP contribution in [-0.4, -0.2) is 24.6 Å². The molecule has 1 amide bonds. The topological polar surface area (TPSA) is 38.8 Å². The quantitative estimate of drug-likeness (QED) is 0.417. The molecule has 0 spiro atoms. The molecule has 0 radical (unpaired) electrons. The first kappa shape index (κ1) is 23.0. The van der Waals surface area contributed by atoms with Crippen molar-refractivity contribution < 1.29 is 14.3 Å². The second-order valence-electron chi connectivity index (χ2n) is 8.53. The smallest absolute Gasteiger partial charge is 0.414 e. The van der Waals surface area contributed by atoms with E-state index in [9.17, 15) is 4.79 Å². The number of nitrogens with zero attached hydrogens (tertiary/aromatic N) is 1. The van der Waals surface area contributed by atoms with Crippen LogP contribution in [0.4, 0.5) is 10.5 Å². The molecule has 1 heterocycles. The van der Waals surface area contributed by atoms with Crippen LogP contribution in [-0.2, 0) is 17.8 Å². The number of ether oxygens (including phenoxy) is 2. The van der Waals surface area contributed by atoms with Gasteiger partial charge in [-0.3, -0.25) is 4.90 Å². The molecule has 1 aliphatic rings. The lowest BCUT2D eigenvalue weighted by Crippen LogP contribution is -2.35. The van der Waals surface area contributed by atoms with Crippen LogP contribution in [0.25, 0.3) is 10.8 Å². The molecule has 1 aliphatic heterocycles. The molecule has 164 valence electrons. The molecular weight excluding hydrogens is 410 g/mol. The number of fused-ring (bicyclic) bond motifs is 3. The SMILES string of the molecule is CCl.Cc1cccc2c(OCc3ccccc3)cc3c(c12)CCN3C(=O)OC(C)(C)C. The van der Waals surface area contributed by atoms with Gasteiger partial charge in [0.1, 0.15) is 18.0 Å². The molecule has 0 bridgehead atoms. The van der Waals surface area contributed by atoms with E-state index in [0.29, 0.717) is 13.2 Å². The Morgan fingerprint density at radius 3 is 2.45 bits per heavy atom. The zero-order chi connectivity index (χ0) is 22.6. The van der Waals surface area contributed by atoms with Gasteiger partial charge in [0.2, 0.25) is 0 Å². The van der Waals surface area contributed by atoms with Gasteiger partial charge in [0.15, 0.2) is 0 Å². The molecule has 4 rings (SSSR count). The Morgan fingerprint density at radius 2 is 1.77 bits per heavy atom. The average Bonchev–Trinajstić information content (AvgIpc) is 3.17. The molecule has 0 atom stereocenters. The molecular formula is C26H30ClNO3. The maximum atomic E-state index is 12.8. The van der Waals surface area contributed by atoms with Crippen LogP contribution in [0.5, 0.6) is 5.75 Å². The summed E-state index contributed by atoms with van der Waals surface area (Å²) in [5.74, 6) is 0.793. The first-order valence-corrected chi connectivity index (χ1v) is 11.2. The Morgan fingerprint density at radius 1 is 1.06 bits per heavy atom. The normalized spacial score (nSPS) is 12.8. The third-order valence-electron chi connectivity index (χ3n) is 5.14. The molecule has 3 aromatic rings. The van der Waals surface area contributed by atoms with E-state index in [1.54, 1.807) is 4.90 Å². The highest BCUT2D eigenvalue weighted by Gasteiger charge is 2.31. The van der Waals surface area contributed by atoms with E-state index in [0.717, 1.165) is 28.8 Å². The minimum atomic E-state index is -0.529. The zero-order valence-corrected chi connectivity index (χ0v) is 19.6. The minimum Gasteiger partial charge on any atom is -0.488 e. The van der Waals surface area contributed by atoms with E-state index >= 15 is 0 Å². The highest BCUT2D eigenvalue weighted by molar-refractivity contribution is 6.15. The van der Waals surface area contributed by atoms with Gasteiger partial charge >= 0.3 is 6.09 Å². The number of hydrogen-bond donors (Lipinski definition) is 0. The summed E-state index contributed by atoms with van der Waals surface area (Å²) in [4.78, 5) is 14.5. The number of amides is 1. The number of rotatable bonds is 3. The number of carbonyl (C=O) groups is 1. The number of anilines is 1. The van der Waals surface area contributed by atoms with E-state index in [1.807, 2.05) is 57.2 Å². The maximum absolute atomic E-state index is 12.8. The lowest BCUT2D eigenvalue weighted by molar-refractivity contribution is 0.0584. The summed E-state index contributed by atoms with van der Waals surface area (Å²) in [5, 5.41) is 2.27. The van der Waals surface area contributed by atoms with Gasteiger partial charge in [-0.15, -0.1) is 11.6 Å². The van der Waals surface area contributed by atoms with Crippen molar-refractivity contribution in [1.82, 2.24) is 0 Å². The van der Waals surface area contributed by atoms with Gasteiger partial charge in [-0.2, -0.15) is 0 Å². The minimum absolute atomic E-state index is 0.307. The summed E-state index contributed by atoms with van der Waals surface area (Å²) in [6.07, 6.45) is 1.98. The van der Waals surface area contributed by atoms with Gasteiger partial charge in [-0.1, -0.05) is 48.5 Å². The third kappa shape index (κ3) is 5.13. The standard InChI is InChI=1S/C25H27NO3.CH3Cl/c1-17-9-8-12-20-22(28-16-18-10-6-5-7-11-18)15-21-19(23(17)20)13-14-26(21)24(27)29-25(2,3)4;1-2/h5-12,15H,13-14,16H2,1-4H3;1H3. The summed E-state index contributed by atoms with van der Waals surface area (Å²) in [6, 6.07) is 18.4. The number of carbonyl (C=O) groups excluding carboxylic acids is 1. The molecule has 0 saturated heterocycles. The van der Waals surface area contributed by atoms with Gasteiger partial charge < -0.3 is 9.47 Å². The van der Waals surface area contributed by atoms with Crippen molar-refractivity contribution in [1.29, 1.82) is 0 Å². The molecule has 31 heavy (non-hydrogen) atoms. The van der Waals surface area contributed by atoms with Crippen LogP contribution in [0.3, 0.4) is 0 Å². The van der Waals surface area contributed by atoms with Crippen molar-refractivity contribution in [2.75, 3.05) is 17.8 Å². The van der Waals surface area contributed by atoms with Crippen molar-refractivity contribution in [2.24, 2.45) is 0 Å². The van der Waals surface area contributed by atoms with Crippen molar-refractivity contribution in [3.63, 3.8) is 0 Å². The van der Waals surface area contributed by atoms with Crippen molar-refractivity contribution in [3.05, 3.63) is 71.3 Å². The highest BCUT2D eigenvalue weighted by atomic mass is 35.5. The van der Waals surface area contributed by atoms with Crippen LogP contribution < -0.4 is 9.64 Å². The Bertz CT molecular complexity index is 1060. The molecule has 0 saturated carbocycles. The van der Waals surface area contributed by atoms with Crippen molar-refractivity contribution in [3.8, 4) is 5.75 Å². The molecule has 0 aromatic heterocycles.